The number of carbonyl (C=O) groups is 1. The molecule has 0 atom stereocenters. The number of primary sulfonamides is 1. The van der Waals surface area contributed by atoms with E-state index in [4.69, 9.17) is 9.88 Å². The molecule has 0 aliphatic heterocycles. The SMILES string of the molecule is COc1ccc(S(N)(=O)=O)cc1NC(=O)/C=C/c1cccc(F)c1. The molecule has 1 amide bonds. The number of benzene rings is 2. The first-order valence-corrected chi connectivity index (χ1v) is 8.30. The van der Waals surface area contributed by atoms with Gasteiger partial charge in [0.1, 0.15) is 11.6 Å². The lowest BCUT2D eigenvalue weighted by Crippen LogP contribution is -2.14. The second kappa shape index (κ2) is 7.24. The fourth-order valence-electron chi connectivity index (χ4n) is 1.92. The van der Waals surface area contributed by atoms with Crippen LogP contribution in [0.3, 0.4) is 0 Å². The standard InChI is InChI=1S/C16H15FN2O4S/c1-23-15-7-6-13(24(18,21)22)10-14(15)19-16(20)8-5-11-3-2-4-12(17)9-11/h2-10H,1H3,(H,19,20)(H2,18,21,22)/b8-5+. The Labute approximate surface area is 138 Å². The highest BCUT2D eigenvalue weighted by Gasteiger charge is 2.13. The Morgan fingerprint density at radius 2 is 2.00 bits per heavy atom. The molecule has 0 aliphatic carbocycles. The number of nitrogens with one attached hydrogen (secondary N) is 1. The maximum Gasteiger partial charge on any atom is 0.248 e. The predicted octanol–water partition coefficient (Wildman–Crippen LogP) is 2.13. The third kappa shape index (κ3) is 4.64. The van der Waals surface area contributed by atoms with Crippen LogP contribution in [0.5, 0.6) is 5.75 Å². The minimum Gasteiger partial charge on any atom is -0.495 e. The van der Waals surface area contributed by atoms with Gasteiger partial charge in [-0.05, 0) is 42.0 Å². The van der Waals surface area contributed by atoms with Gasteiger partial charge in [-0.3, -0.25) is 4.79 Å². The molecule has 8 heteroatoms. The molecule has 0 fully saturated rings. The Hall–Kier alpha value is -2.71. The summed E-state index contributed by atoms with van der Waals surface area (Å²) in [6.07, 6.45) is 2.62. The summed E-state index contributed by atoms with van der Waals surface area (Å²) >= 11 is 0. The zero-order chi connectivity index (χ0) is 17.7. The molecular formula is C16H15FN2O4S. The average molecular weight is 350 g/mol. The number of rotatable bonds is 5. The third-order valence-corrected chi connectivity index (χ3v) is 3.94. The van der Waals surface area contributed by atoms with Crippen molar-refractivity contribution in [3.05, 3.63) is 59.9 Å². The molecule has 0 saturated carbocycles. The lowest BCUT2D eigenvalue weighted by atomic mass is 10.2. The van der Waals surface area contributed by atoms with Gasteiger partial charge in [0.15, 0.2) is 0 Å². The molecule has 126 valence electrons. The number of amides is 1. The first kappa shape index (κ1) is 17.6. The van der Waals surface area contributed by atoms with Crippen LogP contribution < -0.4 is 15.2 Å². The van der Waals surface area contributed by atoms with Crippen LogP contribution >= 0.6 is 0 Å². The van der Waals surface area contributed by atoms with E-state index in [1.54, 1.807) is 6.07 Å². The molecule has 3 N–H and O–H groups in total. The summed E-state index contributed by atoms with van der Waals surface area (Å²) < 4.78 is 40.9. The highest BCUT2D eigenvalue weighted by Crippen LogP contribution is 2.27. The molecule has 6 nitrogen and oxygen atoms in total. The van der Waals surface area contributed by atoms with Gasteiger partial charge in [0.25, 0.3) is 0 Å². The predicted molar refractivity (Wildman–Crippen MR) is 88.4 cm³/mol. The summed E-state index contributed by atoms with van der Waals surface area (Å²) in [7, 11) is -2.53. The minimum absolute atomic E-state index is 0.151. The van der Waals surface area contributed by atoms with E-state index in [1.165, 1.54) is 55.7 Å². The van der Waals surface area contributed by atoms with E-state index in [1.807, 2.05) is 0 Å². The molecule has 0 unspecified atom stereocenters. The van der Waals surface area contributed by atoms with Crippen LogP contribution in [-0.2, 0) is 14.8 Å². The number of ether oxygens (including phenoxy) is 1. The first-order valence-electron chi connectivity index (χ1n) is 6.75. The van der Waals surface area contributed by atoms with Crippen molar-refractivity contribution in [2.24, 2.45) is 5.14 Å². The van der Waals surface area contributed by atoms with Crippen molar-refractivity contribution < 1.29 is 22.3 Å². The van der Waals surface area contributed by atoms with Crippen LogP contribution in [0.25, 0.3) is 6.08 Å². The second-order valence-corrected chi connectivity index (χ2v) is 6.35. The van der Waals surface area contributed by atoms with Gasteiger partial charge >= 0.3 is 0 Å². The Morgan fingerprint density at radius 3 is 2.62 bits per heavy atom. The van der Waals surface area contributed by atoms with Crippen LogP contribution in [-0.4, -0.2) is 21.4 Å². The number of halogens is 1. The van der Waals surface area contributed by atoms with E-state index < -0.39 is 21.7 Å². The van der Waals surface area contributed by atoms with E-state index in [0.717, 1.165) is 0 Å². The fraction of sp³-hybridized carbons (Fsp3) is 0.0625. The van der Waals surface area contributed by atoms with Crippen LogP contribution in [0, 0.1) is 5.82 Å². The van der Waals surface area contributed by atoms with Crippen LogP contribution in [0.4, 0.5) is 10.1 Å². The normalized spacial score (nSPS) is 11.5. The molecule has 24 heavy (non-hydrogen) atoms. The van der Waals surface area contributed by atoms with E-state index in [0.29, 0.717) is 5.56 Å². The quantitative estimate of drug-likeness (QED) is 0.807. The lowest BCUT2D eigenvalue weighted by molar-refractivity contribution is -0.111. The van der Waals surface area contributed by atoms with Crippen molar-refractivity contribution >= 4 is 27.7 Å². The summed E-state index contributed by atoms with van der Waals surface area (Å²) in [5.41, 5.74) is 0.660. The van der Waals surface area contributed by atoms with Gasteiger partial charge in [-0.15, -0.1) is 0 Å². The van der Waals surface area contributed by atoms with Crippen molar-refractivity contribution in [3.8, 4) is 5.75 Å². The molecule has 0 aromatic heterocycles. The first-order chi connectivity index (χ1) is 11.3. The maximum atomic E-state index is 13.1. The monoisotopic (exact) mass is 350 g/mol. The van der Waals surface area contributed by atoms with Crippen molar-refractivity contribution in [2.45, 2.75) is 4.90 Å². The molecule has 0 aliphatic rings. The molecule has 2 aromatic rings. The van der Waals surface area contributed by atoms with E-state index in [-0.39, 0.29) is 16.3 Å². The molecule has 0 saturated heterocycles. The summed E-state index contributed by atoms with van der Waals surface area (Å²) in [5, 5.41) is 7.56. The van der Waals surface area contributed by atoms with Gasteiger partial charge in [0.05, 0.1) is 17.7 Å². The second-order valence-electron chi connectivity index (χ2n) is 4.78. The van der Waals surface area contributed by atoms with Crippen LogP contribution in [0.1, 0.15) is 5.56 Å². The van der Waals surface area contributed by atoms with Gasteiger partial charge in [-0.2, -0.15) is 0 Å². The number of hydrogen-bond acceptors (Lipinski definition) is 4. The molecule has 0 radical (unpaired) electrons. The van der Waals surface area contributed by atoms with Gasteiger partial charge in [-0.1, -0.05) is 12.1 Å². The van der Waals surface area contributed by atoms with E-state index in [2.05, 4.69) is 5.32 Å². The van der Waals surface area contributed by atoms with Crippen molar-refractivity contribution in [2.75, 3.05) is 12.4 Å². The number of carbonyl (C=O) groups excluding carboxylic acids is 1. The van der Waals surface area contributed by atoms with Crippen molar-refractivity contribution in [3.63, 3.8) is 0 Å². The minimum atomic E-state index is -3.91. The van der Waals surface area contributed by atoms with Crippen molar-refractivity contribution in [1.29, 1.82) is 0 Å². The highest BCUT2D eigenvalue weighted by molar-refractivity contribution is 7.89. The molecule has 0 spiro atoms. The fourth-order valence-corrected chi connectivity index (χ4v) is 2.46. The van der Waals surface area contributed by atoms with E-state index in [9.17, 15) is 17.6 Å². The maximum absolute atomic E-state index is 13.1. The number of nitrogens with two attached hydrogens (primary N) is 1. The van der Waals surface area contributed by atoms with Gasteiger partial charge in [-0.25, -0.2) is 17.9 Å². The van der Waals surface area contributed by atoms with Gasteiger partial charge < -0.3 is 10.1 Å². The average Bonchev–Trinajstić information content (AvgIpc) is 2.52. The van der Waals surface area contributed by atoms with Crippen LogP contribution in [0.2, 0.25) is 0 Å². The largest absolute Gasteiger partial charge is 0.495 e. The molecule has 0 heterocycles. The summed E-state index contributed by atoms with van der Waals surface area (Å²) in [6.45, 7) is 0. The topological polar surface area (TPSA) is 98.5 Å². The number of methoxy groups -OCH3 is 1. The smallest absolute Gasteiger partial charge is 0.248 e. The zero-order valence-electron chi connectivity index (χ0n) is 12.7. The molecule has 0 bridgehead atoms. The van der Waals surface area contributed by atoms with Gasteiger partial charge in [0.2, 0.25) is 15.9 Å². The van der Waals surface area contributed by atoms with E-state index >= 15 is 0 Å². The highest BCUT2D eigenvalue weighted by atomic mass is 32.2. The van der Waals surface area contributed by atoms with Gasteiger partial charge in [0, 0.05) is 6.08 Å². The van der Waals surface area contributed by atoms with Crippen molar-refractivity contribution in [1.82, 2.24) is 0 Å². The Morgan fingerprint density at radius 1 is 1.25 bits per heavy atom. The Bertz CT molecular complexity index is 895. The Kier molecular flexibility index (Phi) is 5.32. The molecule has 2 rings (SSSR count). The number of anilines is 1. The zero-order valence-corrected chi connectivity index (χ0v) is 13.5. The summed E-state index contributed by atoms with van der Waals surface area (Å²) in [5.74, 6) is -0.681. The lowest BCUT2D eigenvalue weighted by Gasteiger charge is -2.10. The summed E-state index contributed by atoms with van der Waals surface area (Å²) in [6, 6.07) is 9.56. The Balaban J connectivity index is 2.21. The summed E-state index contributed by atoms with van der Waals surface area (Å²) in [4.78, 5) is 11.8. The third-order valence-electron chi connectivity index (χ3n) is 3.03. The van der Waals surface area contributed by atoms with Crippen LogP contribution in [0.15, 0.2) is 53.4 Å². The number of hydrogen-bond donors (Lipinski definition) is 2. The number of sulfonamides is 1. The molecule has 2 aromatic carbocycles. The molecular weight excluding hydrogens is 335 g/mol.